The van der Waals surface area contributed by atoms with Crippen LogP contribution in [0.15, 0.2) is 91.0 Å². The molecule has 0 amide bonds. The number of benzene rings is 3. The van der Waals surface area contributed by atoms with Crippen LogP contribution in [0.4, 0.5) is 0 Å². The Balaban J connectivity index is 0.00000272. The van der Waals surface area contributed by atoms with Crippen LogP contribution in [0.5, 0.6) is 0 Å². The summed E-state index contributed by atoms with van der Waals surface area (Å²) in [5, 5.41) is 0. The van der Waals surface area contributed by atoms with Gasteiger partial charge in [-0.3, -0.25) is 9.69 Å². The fraction of sp³-hybridized carbons (Fsp3) is 0.269. The van der Waals surface area contributed by atoms with E-state index in [1.54, 1.807) is 0 Å². The summed E-state index contributed by atoms with van der Waals surface area (Å²) in [5.41, 5.74) is 1.69. The van der Waals surface area contributed by atoms with Gasteiger partial charge in [-0.05, 0) is 16.7 Å². The van der Waals surface area contributed by atoms with Crippen LogP contribution in [-0.4, -0.2) is 50.3 Å². The van der Waals surface area contributed by atoms with E-state index in [-0.39, 0.29) is 18.4 Å². The Bertz CT molecular complexity index is 832. The van der Waals surface area contributed by atoms with E-state index >= 15 is 0 Å². The van der Waals surface area contributed by atoms with E-state index in [1.165, 1.54) is 0 Å². The van der Waals surface area contributed by atoms with Crippen molar-refractivity contribution < 1.29 is 14.3 Å². The number of halogens is 1. The lowest BCUT2D eigenvalue weighted by molar-refractivity contribution is -0.148. The summed E-state index contributed by atoms with van der Waals surface area (Å²) in [7, 11) is 0. The number of carbonyl (C=O) groups is 1. The van der Waals surface area contributed by atoms with E-state index in [9.17, 15) is 4.79 Å². The van der Waals surface area contributed by atoms with E-state index in [0.29, 0.717) is 13.2 Å². The molecule has 162 valence electrons. The van der Waals surface area contributed by atoms with Gasteiger partial charge in [0, 0.05) is 19.6 Å². The zero-order chi connectivity index (χ0) is 20.7. The summed E-state index contributed by atoms with van der Waals surface area (Å²) < 4.78 is 11.4. The second-order valence-electron chi connectivity index (χ2n) is 7.44. The maximum atomic E-state index is 13.8. The molecule has 0 aliphatic carbocycles. The van der Waals surface area contributed by atoms with Crippen molar-refractivity contribution in [2.75, 3.05) is 39.5 Å². The zero-order valence-corrected chi connectivity index (χ0v) is 18.3. The monoisotopic (exact) mass is 437 g/mol. The maximum Gasteiger partial charge on any atom is 0.325 e. The van der Waals surface area contributed by atoms with Gasteiger partial charge >= 0.3 is 5.97 Å². The number of morpholine rings is 1. The SMILES string of the molecule is Cl.O=C(OCCN1CCOCC1)C(c1ccccc1)(c1ccccc1)c1ccccc1. The highest BCUT2D eigenvalue weighted by molar-refractivity contribution is 5.92. The molecule has 1 aliphatic rings. The van der Waals surface area contributed by atoms with Gasteiger partial charge in [-0.25, -0.2) is 0 Å². The standard InChI is InChI=1S/C26H27NO3.ClH/c28-25(30-21-18-27-16-19-29-20-17-27)26(22-10-4-1-5-11-22,23-12-6-2-7-13-23)24-14-8-3-9-15-24;/h1-15H,16-21H2;1H. The molecule has 0 atom stereocenters. The first-order valence-corrected chi connectivity index (χ1v) is 10.5. The summed E-state index contributed by atoms with van der Waals surface area (Å²) >= 11 is 0. The van der Waals surface area contributed by atoms with Gasteiger partial charge < -0.3 is 9.47 Å². The Morgan fingerprint density at radius 3 is 1.61 bits per heavy atom. The third kappa shape index (κ3) is 4.99. The number of nitrogens with zero attached hydrogens (tertiary/aromatic N) is 1. The molecule has 3 aromatic carbocycles. The van der Waals surface area contributed by atoms with Gasteiger partial charge in [0.05, 0.1) is 13.2 Å². The summed E-state index contributed by atoms with van der Waals surface area (Å²) in [6.45, 7) is 4.28. The average Bonchev–Trinajstić information content (AvgIpc) is 2.82. The highest BCUT2D eigenvalue weighted by Crippen LogP contribution is 2.40. The molecule has 1 aliphatic heterocycles. The normalized spacial score (nSPS) is 14.5. The van der Waals surface area contributed by atoms with Crippen LogP contribution in [0, 0.1) is 0 Å². The molecule has 0 N–H and O–H groups in total. The summed E-state index contributed by atoms with van der Waals surface area (Å²) in [5.74, 6) is -0.251. The first-order chi connectivity index (χ1) is 14.8. The molecule has 0 bridgehead atoms. The van der Waals surface area contributed by atoms with E-state index < -0.39 is 5.41 Å². The third-order valence-corrected chi connectivity index (χ3v) is 5.67. The summed E-state index contributed by atoms with van der Waals surface area (Å²) in [6.07, 6.45) is 0. The highest BCUT2D eigenvalue weighted by atomic mass is 35.5. The zero-order valence-electron chi connectivity index (χ0n) is 17.5. The molecule has 1 fully saturated rings. The van der Waals surface area contributed by atoms with Gasteiger partial charge in [0.2, 0.25) is 0 Å². The molecule has 0 aromatic heterocycles. The Labute approximate surface area is 190 Å². The molecule has 5 heteroatoms. The van der Waals surface area contributed by atoms with Crippen molar-refractivity contribution in [3.63, 3.8) is 0 Å². The van der Waals surface area contributed by atoms with Crippen molar-refractivity contribution in [2.45, 2.75) is 5.41 Å². The van der Waals surface area contributed by atoms with Gasteiger partial charge in [-0.15, -0.1) is 12.4 Å². The second kappa shape index (κ2) is 11.1. The van der Waals surface area contributed by atoms with Crippen molar-refractivity contribution in [2.24, 2.45) is 0 Å². The van der Waals surface area contributed by atoms with Crippen molar-refractivity contribution in [3.8, 4) is 0 Å². The number of carbonyl (C=O) groups excluding carboxylic acids is 1. The molecule has 3 aromatic rings. The first kappa shape index (κ1) is 23.0. The number of ether oxygens (including phenoxy) is 2. The molecule has 0 saturated carbocycles. The number of hydrogen-bond acceptors (Lipinski definition) is 4. The molecule has 0 radical (unpaired) electrons. The van der Waals surface area contributed by atoms with Crippen LogP contribution < -0.4 is 0 Å². The minimum atomic E-state index is -1.02. The fourth-order valence-corrected chi connectivity index (χ4v) is 4.12. The van der Waals surface area contributed by atoms with Crippen LogP contribution in [0.2, 0.25) is 0 Å². The van der Waals surface area contributed by atoms with E-state index in [4.69, 9.17) is 9.47 Å². The van der Waals surface area contributed by atoms with Gasteiger partial charge in [0.15, 0.2) is 0 Å². The van der Waals surface area contributed by atoms with E-state index in [2.05, 4.69) is 4.90 Å². The lowest BCUT2D eigenvalue weighted by atomic mass is 9.69. The number of hydrogen-bond donors (Lipinski definition) is 0. The Morgan fingerprint density at radius 1 is 0.774 bits per heavy atom. The maximum absolute atomic E-state index is 13.8. The number of esters is 1. The molecule has 4 nitrogen and oxygen atoms in total. The van der Waals surface area contributed by atoms with Crippen LogP contribution in [0.25, 0.3) is 0 Å². The molecular weight excluding hydrogens is 410 g/mol. The molecule has 1 saturated heterocycles. The molecule has 4 rings (SSSR count). The van der Waals surface area contributed by atoms with E-state index in [0.717, 1.165) is 43.0 Å². The fourth-order valence-electron chi connectivity index (χ4n) is 4.12. The largest absolute Gasteiger partial charge is 0.463 e. The highest BCUT2D eigenvalue weighted by Gasteiger charge is 2.45. The van der Waals surface area contributed by atoms with Crippen LogP contribution in [0.1, 0.15) is 16.7 Å². The predicted molar refractivity (Wildman–Crippen MR) is 125 cm³/mol. The Hall–Kier alpha value is -2.66. The smallest absolute Gasteiger partial charge is 0.325 e. The molecule has 0 spiro atoms. The van der Waals surface area contributed by atoms with Crippen molar-refractivity contribution in [1.82, 2.24) is 4.90 Å². The van der Waals surface area contributed by atoms with Crippen LogP contribution >= 0.6 is 12.4 Å². The minimum absolute atomic E-state index is 0. The summed E-state index contributed by atoms with van der Waals surface area (Å²) in [4.78, 5) is 16.1. The lowest BCUT2D eigenvalue weighted by Crippen LogP contribution is -2.42. The second-order valence-corrected chi connectivity index (χ2v) is 7.44. The van der Waals surface area contributed by atoms with Gasteiger partial charge in [0.1, 0.15) is 12.0 Å². The quantitative estimate of drug-likeness (QED) is 0.407. The first-order valence-electron chi connectivity index (χ1n) is 10.5. The molecule has 0 unspecified atom stereocenters. The number of rotatable bonds is 7. The molecule has 31 heavy (non-hydrogen) atoms. The van der Waals surface area contributed by atoms with Crippen molar-refractivity contribution in [3.05, 3.63) is 108 Å². The molecular formula is C26H28ClNO3. The predicted octanol–water partition coefficient (Wildman–Crippen LogP) is 4.32. The van der Waals surface area contributed by atoms with Gasteiger partial charge in [0.25, 0.3) is 0 Å². The van der Waals surface area contributed by atoms with Crippen LogP contribution in [0.3, 0.4) is 0 Å². The Kier molecular flexibility index (Phi) is 8.24. The minimum Gasteiger partial charge on any atom is -0.463 e. The van der Waals surface area contributed by atoms with Crippen molar-refractivity contribution in [1.29, 1.82) is 0 Å². The topological polar surface area (TPSA) is 38.8 Å². The lowest BCUT2D eigenvalue weighted by Gasteiger charge is -2.34. The Morgan fingerprint density at radius 2 is 1.19 bits per heavy atom. The van der Waals surface area contributed by atoms with Gasteiger partial charge in [-0.1, -0.05) is 91.0 Å². The average molecular weight is 438 g/mol. The van der Waals surface area contributed by atoms with E-state index in [1.807, 2.05) is 91.0 Å². The van der Waals surface area contributed by atoms with Crippen LogP contribution in [-0.2, 0) is 19.7 Å². The van der Waals surface area contributed by atoms with Crippen molar-refractivity contribution >= 4 is 18.4 Å². The van der Waals surface area contributed by atoms with Gasteiger partial charge in [-0.2, -0.15) is 0 Å². The third-order valence-electron chi connectivity index (χ3n) is 5.67. The summed E-state index contributed by atoms with van der Waals surface area (Å²) in [6, 6.07) is 29.7. The molecule has 1 heterocycles.